The van der Waals surface area contributed by atoms with Gasteiger partial charge in [0.05, 0.1) is 156 Å². The molecule has 6 aliphatic heterocycles. The zero-order valence-corrected chi connectivity index (χ0v) is 68.4. The first-order valence-electron chi connectivity index (χ1n) is 36.7. The van der Waals surface area contributed by atoms with Gasteiger partial charge in [-0.3, -0.25) is 35.1 Å². The first-order valence-corrected chi connectivity index (χ1v) is 43.1. The largest absolute Gasteiger partial charge is 0.476 e. The lowest BCUT2D eigenvalue weighted by molar-refractivity contribution is -0.385. The fraction of sp³-hybridized carbons (Fsp3) is 0.350. The van der Waals surface area contributed by atoms with Gasteiger partial charge in [-0.05, 0) is 98.6 Å². The standard InChI is InChI=1S/C23H23N3O4S.C12H11N3O2.C10H11NO5S.C10H13NO3S.C10H11NO3S.C6H5NO2S.C5H10O.C4H8O2/c1-15-2-6-18(7-3-15)20-11-25-23(24)22(26-20)21(27)10-16-4-8-19(9-5-16)31(28,29)14-17-12-30-13-17;1-7-2-4-8(5-3-7)9-6-14-11(13)10(15-9)12(16)17;12-11(13)9-1-3-10(4-2-9)17(14,15)7-8-5-16-6-8;11-9-1-3-10(4-2-9)15(12,13)7-8-5-14-6-8;12-11(13)9-1-3-10(4-2-9)15-7-8-5-14-6-8;8-7(9)5-1-3-6(10)4-2-5;1-2-5-3-6-4-5;5-1-4-2-6-3-4/h2-9,11,17H,10,12-14H2,1H3,(H2,24,25);2-6H,1H3,(H2,13,14)(H,16,17);1-4,8H,5-7H2;1-4,8H,5-7,11H2;1-4,8H,5-7H2;1-4,10H;5H,2-4H2,1H3;4-5H,1-3H2. The summed E-state index contributed by atoms with van der Waals surface area (Å²) in [5.74, 6) is 2.06. The number of carbonyl (C=O) groups excluding carboxylic acids is 1. The maximum atomic E-state index is 12.8. The Hall–Kier alpha value is -10.3. The van der Waals surface area contributed by atoms with Crippen molar-refractivity contribution in [1.29, 1.82) is 0 Å². The molecule has 6 saturated heterocycles. The van der Waals surface area contributed by atoms with E-state index in [2.05, 4.69) is 39.5 Å². The number of carboxylic acids is 1. The number of benzene rings is 7. The molecule has 9 aromatic rings. The van der Waals surface area contributed by atoms with Crippen molar-refractivity contribution in [2.45, 2.75) is 58.1 Å². The lowest BCUT2D eigenvalue weighted by Gasteiger charge is -2.25. The molecule has 0 unspecified atom stereocenters. The zero-order valence-electron chi connectivity index (χ0n) is 64.2. The first-order chi connectivity index (χ1) is 55.8. The molecule has 8 N–H and O–H groups in total. The second-order valence-corrected chi connectivity index (χ2v) is 35.5. The number of non-ortho nitro benzene ring substituents is 3. The van der Waals surface area contributed by atoms with Crippen LogP contribution in [0.5, 0.6) is 0 Å². The maximum Gasteiger partial charge on any atom is 0.358 e. The van der Waals surface area contributed by atoms with Crippen molar-refractivity contribution in [3.63, 3.8) is 0 Å². The highest BCUT2D eigenvalue weighted by molar-refractivity contribution is 7.99. The van der Waals surface area contributed by atoms with Gasteiger partial charge in [-0.15, -0.1) is 24.4 Å². The third-order valence-electron chi connectivity index (χ3n) is 18.1. The van der Waals surface area contributed by atoms with Crippen LogP contribution in [0, 0.1) is 79.7 Å². The number of hydrogen-bond donors (Lipinski definition) is 6. The molecule has 0 bridgehead atoms. The van der Waals surface area contributed by atoms with Crippen LogP contribution in [0.1, 0.15) is 51.0 Å². The van der Waals surface area contributed by atoms with E-state index in [9.17, 15) is 65.2 Å². The van der Waals surface area contributed by atoms with E-state index in [1.165, 1.54) is 61.1 Å². The van der Waals surface area contributed by atoms with Gasteiger partial charge in [0.25, 0.3) is 17.1 Å². The number of ketones is 1. The SMILES string of the molecule is CCC1COC1.Cc1ccc(-c2cnc(N)c(C(=O)Cc3ccc(S(=O)(=O)CC4COC4)cc3)n2)cc1.Cc1ccc(-c2cnc(N)c(C(=O)O)n2)cc1.Nc1ccc(S(=O)(=O)CC2COC2)cc1.O=[N+]([O-])c1ccc(S(=O)(=O)CC2COC2)cc1.O=[N+]([O-])c1ccc(S)cc1.O=[N+]([O-])c1ccc(SCC2COC2)cc1.OCC1COC1. The predicted octanol–water partition coefficient (Wildman–Crippen LogP) is 11.2. The van der Waals surface area contributed by atoms with Crippen LogP contribution in [0.2, 0.25) is 0 Å². The summed E-state index contributed by atoms with van der Waals surface area (Å²) in [7, 11) is -9.91. The molecule has 37 heteroatoms. The van der Waals surface area contributed by atoms with Gasteiger partial charge in [0, 0.05) is 111 Å². The van der Waals surface area contributed by atoms with Crippen LogP contribution in [0.25, 0.3) is 22.5 Å². The van der Waals surface area contributed by atoms with Gasteiger partial charge in [0.2, 0.25) is 0 Å². The molecule has 7 aromatic carbocycles. The van der Waals surface area contributed by atoms with Gasteiger partial charge in [-0.25, -0.2) is 50.0 Å². The number of nitrogen functional groups attached to an aromatic ring is 3. The van der Waals surface area contributed by atoms with Crippen molar-refractivity contribution >= 4 is 100 Å². The van der Waals surface area contributed by atoms with E-state index >= 15 is 0 Å². The van der Waals surface area contributed by atoms with Crippen LogP contribution in [0.4, 0.5) is 34.4 Å². The van der Waals surface area contributed by atoms with E-state index in [4.69, 9.17) is 55.8 Å². The number of carboxylic acid groups (broad SMARTS) is 1. The topological polar surface area (TPSA) is 491 Å². The first kappa shape index (κ1) is 92.2. The number of thiol groups is 1. The van der Waals surface area contributed by atoms with Crippen molar-refractivity contribution in [1.82, 2.24) is 19.9 Å². The number of nitro groups is 3. The highest BCUT2D eigenvalue weighted by Crippen LogP contribution is 2.29. The van der Waals surface area contributed by atoms with Gasteiger partial charge in [-0.2, -0.15) is 0 Å². The highest BCUT2D eigenvalue weighted by Gasteiger charge is 2.30. The minimum atomic E-state index is -3.37. The van der Waals surface area contributed by atoms with Gasteiger partial charge in [0.15, 0.2) is 52.6 Å². The van der Waals surface area contributed by atoms with Crippen LogP contribution in [-0.4, -0.2) is 191 Å². The van der Waals surface area contributed by atoms with Crippen LogP contribution in [-0.2, 0) is 64.4 Å². The molecule has 0 atom stereocenters. The molecule has 6 fully saturated rings. The Bertz CT molecular complexity index is 5080. The molecule has 32 nitrogen and oxygen atoms in total. The Kier molecular flexibility index (Phi) is 35.4. The molecule has 0 radical (unpaired) electrons. The number of aliphatic hydroxyl groups is 1. The second kappa shape index (κ2) is 44.9. The number of nitro benzene ring substituents is 3. The molecule has 624 valence electrons. The summed E-state index contributed by atoms with van der Waals surface area (Å²) >= 11 is 5.70. The van der Waals surface area contributed by atoms with Crippen molar-refractivity contribution in [3.05, 3.63) is 241 Å². The lowest BCUT2D eigenvalue weighted by atomic mass is 10.1. The number of rotatable bonds is 23. The summed E-state index contributed by atoms with van der Waals surface area (Å²) in [5, 5.41) is 48.1. The van der Waals surface area contributed by atoms with Crippen molar-refractivity contribution < 1.29 is 88.2 Å². The molecule has 8 heterocycles. The van der Waals surface area contributed by atoms with Gasteiger partial charge < -0.3 is 55.8 Å². The Morgan fingerprint density at radius 3 is 1.12 bits per heavy atom. The molecular formula is C80H92N10O22S5. The van der Waals surface area contributed by atoms with E-state index < -0.39 is 45.3 Å². The monoisotopic (exact) mass is 1700 g/mol. The number of Topliss-reactive ketones (excluding diaryl/α,β-unsaturated/α-hetero) is 1. The average Bonchev–Trinajstić information content (AvgIpc) is 0.837. The summed E-state index contributed by atoms with van der Waals surface area (Å²) in [6, 6.07) is 45.6. The molecule has 0 amide bonds. The summed E-state index contributed by atoms with van der Waals surface area (Å²) in [4.78, 5) is 72.2. The number of aromatic nitrogens is 4. The van der Waals surface area contributed by atoms with Crippen LogP contribution in [0.3, 0.4) is 0 Å². The number of sulfone groups is 3. The Labute approximate surface area is 686 Å². The van der Waals surface area contributed by atoms with Gasteiger partial charge in [0.1, 0.15) is 5.69 Å². The van der Waals surface area contributed by atoms with Crippen molar-refractivity contribution in [2.24, 2.45) is 35.5 Å². The number of aromatic carboxylic acids is 1. The summed E-state index contributed by atoms with van der Waals surface area (Å²) in [6.45, 7) is 14.7. The molecule has 0 spiro atoms. The number of ether oxygens (including phenoxy) is 6. The minimum absolute atomic E-state index is 0.0326. The molecule has 6 aliphatic rings. The third kappa shape index (κ3) is 29.7. The number of thioether (sulfide) groups is 1. The van der Waals surface area contributed by atoms with Crippen molar-refractivity contribution in [3.8, 4) is 22.5 Å². The maximum absolute atomic E-state index is 12.8. The number of anilines is 3. The molecule has 2 aromatic heterocycles. The number of hydrogen-bond acceptors (Lipinski definition) is 30. The number of nitrogens with two attached hydrogens (primary N) is 3. The number of aryl methyl sites for hydroxylation is 2. The van der Waals surface area contributed by atoms with Crippen LogP contribution in [0.15, 0.2) is 207 Å². The van der Waals surface area contributed by atoms with E-state index in [0.29, 0.717) is 85.6 Å². The third-order valence-corrected chi connectivity index (χ3v) is 25.3. The second-order valence-electron chi connectivity index (χ2n) is 27.8. The van der Waals surface area contributed by atoms with E-state index in [-0.39, 0.29) is 102 Å². The van der Waals surface area contributed by atoms with Crippen molar-refractivity contribution in [2.75, 3.05) is 126 Å². The quantitative estimate of drug-likeness (QED) is 0.00865. The van der Waals surface area contributed by atoms with E-state index in [0.717, 1.165) is 83.4 Å². The Morgan fingerprint density at radius 2 is 0.803 bits per heavy atom. The minimum Gasteiger partial charge on any atom is -0.476 e. The summed E-state index contributed by atoms with van der Waals surface area (Å²) < 4.78 is 102. The van der Waals surface area contributed by atoms with Crippen LogP contribution >= 0.6 is 24.4 Å². The summed E-state index contributed by atoms with van der Waals surface area (Å²) in [5.41, 5.74) is 23.1. The molecular weight excluding hydrogens is 1610 g/mol. The fourth-order valence-corrected chi connectivity index (χ4v) is 16.3. The smallest absolute Gasteiger partial charge is 0.358 e. The fourth-order valence-electron chi connectivity index (χ4n) is 10.5. The van der Waals surface area contributed by atoms with Gasteiger partial charge in [-0.1, -0.05) is 78.7 Å². The number of carbonyl (C=O) groups is 2. The van der Waals surface area contributed by atoms with Gasteiger partial charge >= 0.3 is 5.97 Å². The van der Waals surface area contributed by atoms with Crippen LogP contribution < -0.4 is 17.2 Å². The van der Waals surface area contributed by atoms with E-state index in [1.54, 1.807) is 90.8 Å². The average molecular weight is 1710 g/mol. The predicted molar refractivity (Wildman–Crippen MR) is 442 cm³/mol. The molecule has 0 aliphatic carbocycles. The Balaban J connectivity index is 0.000000175. The van der Waals surface area contributed by atoms with E-state index in [1.807, 2.05) is 62.4 Å². The normalized spacial score (nSPS) is 15.1. The highest BCUT2D eigenvalue weighted by atomic mass is 32.2. The summed E-state index contributed by atoms with van der Waals surface area (Å²) in [6.07, 6.45) is 4.35. The lowest BCUT2D eigenvalue weighted by Crippen LogP contribution is -2.33. The number of aliphatic hydroxyl groups excluding tert-OH is 1. The molecule has 117 heavy (non-hydrogen) atoms. The zero-order chi connectivity index (χ0) is 84.8. The Morgan fingerprint density at radius 1 is 0.470 bits per heavy atom. The number of nitrogens with zero attached hydrogens (tertiary/aromatic N) is 7. The molecule has 15 rings (SSSR count). The molecule has 0 saturated carbocycles.